The largest absolute Gasteiger partial charge is 0.443 e. The van der Waals surface area contributed by atoms with E-state index < -0.39 is 5.60 Å². The number of guanidine groups is 1. The molecule has 1 amide bonds. The molecule has 0 aromatic heterocycles. The summed E-state index contributed by atoms with van der Waals surface area (Å²) in [6.45, 7) is 14.0. The number of aliphatic imine (C=N–C) groups is 1. The summed E-state index contributed by atoms with van der Waals surface area (Å²) in [5.41, 5.74) is 8.58. The van der Waals surface area contributed by atoms with E-state index in [1.165, 1.54) is 0 Å². The maximum absolute atomic E-state index is 12.7. The van der Waals surface area contributed by atoms with Crippen molar-refractivity contribution in [2.75, 3.05) is 18.0 Å². The molecule has 0 unspecified atom stereocenters. The third-order valence-corrected chi connectivity index (χ3v) is 4.53. The Bertz CT molecular complexity index is 692. The monoisotopic (exact) mass is 502 g/mol. The Morgan fingerprint density at radius 3 is 2.32 bits per heavy atom. The Morgan fingerprint density at radius 1 is 1.25 bits per heavy atom. The van der Waals surface area contributed by atoms with Crippen LogP contribution in [0.2, 0.25) is 0 Å². The van der Waals surface area contributed by atoms with Gasteiger partial charge >= 0.3 is 6.09 Å². The van der Waals surface area contributed by atoms with Crippen molar-refractivity contribution in [2.45, 2.75) is 72.6 Å². The van der Waals surface area contributed by atoms with Crippen molar-refractivity contribution >= 4 is 41.7 Å². The molecule has 1 aliphatic carbocycles. The van der Waals surface area contributed by atoms with Gasteiger partial charge in [0.2, 0.25) is 0 Å². The zero-order valence-corrected chi connectivity index (χ0v) is 20.3. The Labute approximate surface area is 186 Å². The second kappa shape index (κ2) is 10.3. The van der Waals surface area contributed by atoms with E-state index in [-0.39, 0.29) is 36.1 Å². The van der Waals surface area contributed by atoms with Gasteiger partial charge in [-0.25, -0.2) is 9.79 Å². The van der Waals surface area contributed by atoms with Gasteiger partial charge in [-0.2, -0.15) is 0 Å². The average molecular weight is 502 g/mol. The number of nitrogens with two attached hydrogens (primary N) is 1. The summed E-state index contributed by atoms with van der Waals surface area (Å²) in [6, 6.07) is 6.33. The summed E-state index contributed by atoms with van der Waals surface area (Å²) >= 11 is 0. The van der Waals surface area contributed by atoms with Gasteiger partial charge in [0.25, 0.3) is 0 Å². The molecule has 0 aliphatic heterocycles. The van der Waals surface area contributed by atoms with Crippen LogP contribution >= 0.6 is 24.0 Å². The number of hydrogen-bond acceptors (Lipinski definition) is 3. The van der Waals surface area contributed by atoms with Crippen LogP contribution in [-0.2, 0) is 11.3 Å². The summed E-state index contributed by atoms with van der Waals surface area (Å²) in [5.74, 6) is 0.565. The van der Waals surface area contributed by atoms with Crippen LogP contribution in [0, 0.1) is 6.92 Å². The van der Waals surface area contributed by atoms with Gasteiger partial charge in [-0.3, -0.25) is 4.90 Å². The fourth-order valence-corrected chi connectivity index (χ4v) is 2.99. The van der Waals surface area contributed by atoms with Crippen LogP contribution in [0.25, 0.3) is 0 Å². The predicted molar refractivity (Wildman–Crippen MR) is 127 cm³/mol. The van der Waals surface area contributed by atoms with Crippen molar-refractivity contribution in [3.05, 3.63) is 29.3 Å². The predicted octanol–water partition coefficient (Wildman–Crippen LogP) is 4.67. The normalized spacial score (nSPS) is 14.3. The Balaban J connectivity index is 0.00000392. The second-order valence-electron chi connectivity index (χ2n) is 8.05. The number of anilines is 1. The molecular formula is C21H35IN4O2. The standard InChI is InChI=1S/C21H34N4O2.HI/c1-7-24(8-2)19(22)23-14-16-9-12-18(15(3)13-16)25(17-10-11-17)20(26)27-21(4,5)6;/h9,12-13,17H,7-8,10-11,14H2,1-6H3,(H2,22,23);1H. The van der Waals surface area contributed by atoms with E-state index in [0.717, 1.165) is 42.7 Å². The van der Waals surface area contributed by atoms with Gasteiger partial charge in [0.1, 0.15) is 5.60 Å². The van der Waals surface area contributed by atoms with Crippen LogP contribution < -0.4 is 10.6 Å². The Kier molecular flexibility index (Phi) is 9.04. The number of hydrogen-bond donors (Lipinski definition) is 1. The van der Waals surface area contributed by atoms with Crippen molar-refractivity contribution in [3.8, 4) is 0 Å². The molecule has 0 atom stereocenters. The lowest BCUT2D eigenvalue weighted by atomic mass is 10.1. The molecule has 6 nitrogen and oxygen atoms in total. The lowest BCUT2D eigenvalue weighted by molar-refractivity contribution is 0.0577. The number of ether oxygens (including phenoxy) is 1. The summed E-state index contributed by atoms with van der Waals surface area (Å²) in [7, 11) is 0. The van der Waals surface area contributed by atoms with E-state index in [1.807, 2.05) is 44.7 Å². The van der Waals surface area contributed by atoms with E-state index in [2.05, 4.69) is 24.9 Å². The first-order chi connectivity index (χ1) is 12.7. The highest BCUT2D eigenvalue weighted by Gasteiger charge is 2.37. The number of carbonyl (C=O) groups excluding carboxylic acids is 1. The molecular weight excluding hydrogens is 467 g/mol. The third-order valence-electron chi connectivity index (χ3n) is 4.53. The first-order valence-corrected chi connectivity index (χ1v) is 9.82. The molecule has 1 aromatic carbocycles. The molecule has 0 saturated heterocycles. The quantitative estimate of drug-likeness (QED) is 0.349. The van der Waals surface area contributed by atoms with Crippen LogP contribution in [0.15, 0.2) is 23.2 Å². The van der Waals surface area contributed by atoms with Gasteiger partial charge in [-0.15, -0.1) is 24.0 Å². The molecule has 1 saturated carbocycles. The Hall–Kier alpha value is -1.51. The minimum Gasteiger partial charge on any atom is -0.443 e. The highest BCUT2D eigenvalue weighted by molar-refractivity contribution is 14.0. The number of nitrogens with zero attached hydrogens (tertiary/aromatic N) is 3. The fraction of sp³-hybridized carbons (Fsp3) is 0.619. The topological polar surface area (TPSA) is 71.2 Å². The van der Waals surface area contributed by atoms with Crippen LogP contribution in [0.4, 0.5) is 10.5 Å². The van der Waals surface area contributed by atoms with E-state index in [9.17, 15) is 4.79 Å². The zero-order chi connectivity index (χ0) is 20.2. The summed E-state index contributed by atoms with van der Waals surface area (Å²) in [5, 5.41) is 0. The molecule has 7 heteroatoms. The molecule has 1 aromatic rings. The van der Waals surface area contributed by atoms with Crippen molar-refractivity contribution < 1.29 is 9.53 Å². The van der Waals surface area contributed by atoms with Gasteiger partial charge in [0, 0.05) is 19.1 Å². The van der Waals surface area contributed by atoms with Gasteiger partial charge in [0.15, 0.2) is 5.96 Å². The van der Waals surface area contributed by atoms with Crippen molar-refractivity contribution in [1.29, 1.82) is 0 Å². The molecule has 1 fully saturated rings. The molecule has 0 bridgehead atoms. The van der Waals surface area contributed by atoms with Crippen LogP contribution in [0.5, 0.6) is 0 Å². The minimum atomic E-state index is -0.505. The van der Waals surface area contributed by atoms with E-state index in [0.29, 0.717) is 12.5 Å². The van der Waals surface area contributed by atoms with Crippen molar-refractivity contribution in [1.82, 2.24) is 4.90 Å². The van der Waals surface area contributed by atoms with Crippen LogP contribution in [-0.4, -0.2) is 41.7 Å². The van der Waals surface area contributed by atoms with E-state index in [1.54, 1.807) is 4.90 Å². The molecule has 0 heterocycles. The number of amides is 1. The van der Waals surface area contributed by atoms with Crippen LogP contribution in [0.1, 0.15) is 58.6 Å². The third kappa shape index (κ3) is 6.83. The van der Waals surface area contributed by atoms with Gasteiger partial charge in [-0.1, -0.05) is 12.1 Å². The van der Waals surface area contributed by atoms with Crippen molar-refractivity contribution in [3.63, 3.8) is 0 Å². The lowest BCUT2D eigenvalue weighted by Crippen LogP contribution is -2.38. The molecule has 28 heavy (non-hydrogen) atoms. The molecule has 0 spiro atoms. The minimum absolute atomic E-state index is 0. The maximum Gasteiger partial charge on any atom is 0.415 e. The highest BCUT2D eigenvalue weighted by Crippen LogP contribution is 2.35. The first kappa shape index (κ1) is 24.5. The van der Waals surface area contributed by atoms with Crippen molar-refractivity contribution in [2.24, 2.45) is 10.7 Å². The highest BCUT2D eigenvalue weighted by atomic mass is 127. The number of benzene rings is 1. The number of rotatable bonds is 6. The van der Waals surface area contributed by atoms with E-state index >= 15 is 0 Å². The first-order valence-electron chi connectivity index (χ1n) is 9.82. The molecule has 1 aliphatic rings. The SMILES string of the molecule is CCN(CC)C(N)=NCc1ccc(N(C(=O)OC(C)(C)C)C2CC2)c(C)c1.I. The van der Waals surface area contributed by atoms with E-state index in [4.69, 9.17) is 10.5 Å². The lowest BCUT2D eigenvalue weighted by Gasteiger charge is -2.28. The molecule has 2 N–H and O–H groups in total. The fourth-order valence-electron chi connectivity index (χ4n) is 2.99. The molecule has 158 valence electrons. The van der Waals surface area contributed by atoms with Gasteiger partial charge in [0.05, 0.1) is 12.2 Å². The van der Waals surface area contributed by atoms with Gasteiger partial charge in [-0.05, 0) is 71.6 Å². The average Bonchev–Trinajstić information content (AvgIpc) is 3.39. The Morgan fingerprint density at radius 2 is 1.86 bits per heavy atom. The summed E-state index contributed by atoms with van der Waals surface area (Å²) in [4.78, 5) is 21.0. The number of halogens is 1. The summed E-state index contributed by atoms with van der Waals surface area (Å²) < 4.78 is 5.61. The summed E-state index contributed by atoms with van der Waals surface area (Å²) in [6.07, 6.45) is 1.76. The number of aryl methyl sites for hydroxylation is 1. The second-order valence-corrected chi connectivity index (χ2v) is 8.05. The molecule has 0 radical (unpaired) electrons. The maximum atomic E-state index is 12.7. The van der Waals surface area contributed by atoms with Gasteiger partial charge < -0.3 is 15.4 Å². The zero-order valence-electron chi connectivity index (χ0n) is 18.0. The number of carbonyl (C=O) groups is 1. The smallest absolute Gasteiger partial charge is 0.415 e. The van der Waals surface area contributed by atoms with Crippen LogP contribution in [0.3, 0.4) is 0 Å². The molecule has 2 rings (SSSR count).